The summed E-state index contributed by atoms with van der Waals surface area (Å²) in [5.41, 5.74) is 0.534. The number of rotatable bonds is 4. The summed E-state index contributed by atoms with van der Waals surface area (Å²) in [5.74, 6) is -0.835. The molecule has 0 amide bonds. The van der Waals surface area contributed by atoms with E-state index >= 15 is 0 Å². The third-order valence-corrected chi connectivity index (χ3v) is 4.73. The van der Waals surface area contributed by atoms with Gasteiger partial charge in [-0.15, -0.1) is 0 Å². The average molecular weight is 346 g/mol. The van der Waals surface area contributed by atoms with Crippen LogP contribution in [0.25, 0.3) is 0 Å². The van der Waals surface area contributed by atoms with Gasteiger partial charge < -0.3 is 44.8 Å². The monoisotopic (exact) mass is 346 g/mol. The van der Waals surface area contributed by atoms with Crippen molar-refractivity contribution in [1.29, 1.82) is 0 Å². The second-order valence-corrected chi connectivity index (χ2v) is 6.16. The van der Waals surface area contributed by atoms with Crippen molar-refractivity contribution in [2.45, 2.75) is 43.1 Å². The van der Waals surface area contributed by atoms with Gasteiger partial charge in [0.05, 0.1) is 31.5 Å². The molecule has 136 valence electrons. The Hall–Kier alpha value is -1.04. The second kappa shape index (κ2) is 7.06. The lowest BCUT2D eigenvalue weighted by Crippen LogP contribution is -2.60. The molecule has 1 aliphatic carbocycles. The highest BCUT2D eigenvalue weighted by atomic mass is 16.8. The third-order valence-electron chi connectivity index (χ3n) is 4.73. The van der Waals surface area contributed by atoms with Crippen molar-refractivity contribution in [2.75, 3.05) is 13.2 Å². The highest BCUT2D eigenvalue weighted by Crippen LogP contribution is 2.40. The highest BCUT2D eigenvalue weighted by Gasteiger charge is 2.49. The molecule has 9 nitrogen and oxygen atoms in total. The van der Waals surface area contributed by atoms with Gasteiger partial charge in [-0.1, -0.05) is 6.08 Å². The average Bonchev–Trinajstić information content (AvgIpc) is 2.92. The molecule has 0 spiro atoms. The fraction of sp³-hybridized carbons (Fsp3) is 0.733. The van der Waals surface area contributed by atoms with Gasteiger partial charge in [0.15, 0.2) is 6.29 Å². The quantitative estimate of drug-likeness (QED) is 0.297. The molecule has 0 aromatic carbocycles. The molecule has 2 aliphatic heterocycles. The van der Waals surface area contributed by atoms with Crippen LogP contribution >= 0.6 is 0 Å². The predicted octanol–water partition coefficient (Wildman–Crippen LogP) is -2.80. The fourth-order valence-corrected chi connectivity index (χ4v) is 3.38. The standard InChI is InChI=1S/C15H22O9/c16-4-6-3-8(18)7-1-2-22-14(10(6)7)24-15-13(21)12(20)11(19)9(5-17)23-15/h1-3,7-21H,4-5H2/t7-,8+,9-,10?,11+,12+,13-,14+,15+/m1/s1. The summed E-state index contributed by atoms with van der Waals surface area (Å²) >= 11 is 0. The van der Waals surface area contributed by atoms with Crippen LogP contribution in [0.5, 0.6) is 0 Å². The molecule has 0 radical (unpaired) electrons. The smallest absolute Gasteiger partial charge is 0.209 e. The lowest BCUT2D eigenvalue weighted by atomic mass is 9.88. The van der Waals surface area contributed by atoms with Crippen LogP contribution in [0.2, 0.25) is 0 Å². The first kappa shape index (κ1) is 17.8. The lowest BCUT2D eigenvalue weighted by Gasteiger charge is -2.42. The zero-order valence-corrected chi connectivity index (χ0v) is 12.8. The van der Waals surface area contributed by atoms with E-state index in [9.17, 15) is 30.6 Å². The minimum atomic E-state index is -1.56. The summed E-state index contributed by atoms with van der Waals surface area (Å²) in [6.07, 6.45) is -4.27. The van der Waals surface area contributed by atoms with Gasteiger partial charge in [-0.25, -0.2) is 0 Å². The number of ether oxygens (including phenoxy) is 3. The molecule has 2 heterocycles. The SMILES string of the molecule is OCC1=C[C@H](O)[C@H]2C=CO[C@@H](O[C@@H]3O[C@H](CO)[C@H](O)[C@H](O)[C@H]3O)C12. The summed E-state index contributed by atoms with van der Waals surface area (Å²) in [4.78, 5) is 0. The number of aliphatic hydroxyl groups excluding tert-OH is 6. The molecular weight excluding hydrogens is 324 g/mol. The van der Waals surface area contributed by atoms with Gasteiger partial charge in [0, 0.05) is 5.92 Å². The summed E-state index contributed by atoms with van der Waals surface area (Å²) in [7, 11) is 0. The zero-order chi connectivity index (χ0) is 17.4. The maximum absolute atomic E-state index is 10.0. The van der Waals surface area contributed by atoms with Crippen LogP contribution in [0, 0.1) is 11.8 Å². The Morgan fingerprint density at radius 1 is 1.00 bits per heavy atom. The largest absolute Gasteiger partial charge is 0.472 e. The first-order valence-corrected chi connectivity index (χ1v) is 7.75. The van der Waals surface area contributed by atoms with Crippen molar-refractivity contribution in [3.63, 3.8) is 0 Å². The van der Waals surface area contributed by atoms with Crippen LogP contribution in [-0.2, 0) is 14.2 Å². The van der Waals surface area contributed by atoms with E-state index < -0.39 is 55.6 Å². The first-order valence-electron chi connectivity index (χ1n) is 7.75. The molecule has 6 N–H and O–H groups in total. The van der Waals surface area contributed by atoms with Gasteiger partial charge in [-0.05, 0) is 11.6 Å². The number of hydrogen-bond donors (Lipinski definition) is 6. The van der Waals surface area contributed by atoms with E-state index in [0.29, 0.717) is 5.57 Å². The van der Waals surface area contributed by atoms with Gasteiger partial charge in [-0.2, -0.15) is 0 Å². The van der Waals surface area contributed by atoms with Crippen molar-refractivity contribution in [1.82, 2.24) is 0 Å². The Balaban J connectivity index is 1.75. The van der Waals surface area contributed by atoms with Crippen LogP contribution in [0.1, 0.15) is 0 Å². The van der Waals surface area contributed by atoms with Gasteiger partial charge in [0.2, 0.25) is 6.29 Å². The van der Waals surface area contributed by atoms with Crippen molar-refractivity contribution >= 4 is 0 Å². The molecule has 3 aliphatic rings. The molecule has 0 saturated carbocycles. The molecule has 9 heteroatoms. The van der Waals surface area contributed by atoms with E-state index in [1.54, 1.807) is 6.08 Å². The van der Waals surface area contributed by atoms with Crippen molar-refractivity contribution in [2.24, 2.45) is 11.8 Å². The van der Waals surface area contributed by atoms with Crippen LogP contribution < -0.4 is 0 Å². The zero-order valence-electron chi connectivity index (χ0n) is 12.8. The molecule has 1 saturated heterocycles. The summed E-state index contributed by atoms with van der Waals surface area (Å²) in [5, 5.41) is 58.3. The number of aliphatic hydroxyl groups is 6. The van der Waals surface area contributed by atoms with Crippen LogP contribution in [-0.4, -0.2) is 87.0 Å². The van der Waals surface area contributed by atoms with Gasteiger partial charge in [-0.3, -0.25) is 0 Å². The van der Waals surface area contributed by atoms with Gasteiger partial charge in [0.25, 0.3) is 0 Å². The van der Waals surface area contributed by atoms with E-state index in [1.165, 1.54) is 12.3 Å². The maximum atomic E-state index is 10.0. The molecule has 0 bridgehead atoms. The van der Waals surface area contributed by atoms with E-state index in [2.05, 4.69) is 0 Å². The normalized spacial score (nSPS) is 47.9. The van der Waals surface area contributed by atoms with Crippen LogP contribution in [0.3, 0.4) is 0 Å². The van der Waals surface area contributed by atoms with E-state index in [4.69, 9.17) is 14.2 Å². The van der Waals surface area contributed by atoms with Gasteiger partial charge in [0.1, 0.15) is 24.4 Å². The maximum Gasteiger partial charge on any atom is 0.209 e. The van der Waals surface area contributed by atoms with E-state index in [1.807, 2.05) is 0 Å². The predicted molar refractivity (Wildman–Crippen MR) is 77.0 cm³/mol. The Bertz CT molecular complexity index is 505. The summed E-state index contributed by atoms with van der Waals surface area (Å²) in [6, 6.07) is 0. The first-order chi connectivity index (χ1) is 11.5. The Kier molecular flexibility index (Phi) is 5.23. The topological polar surface area (TPSA) is 149 Å². The molecule has 1 fully saturated rings. The third kappa shape index (κ3) is 2.98. The molecule has 9 atom stereocenters. The Morgan fingerprint density at radius 3 is 2.42 bits per heavy atom. The van der Waals surface area contributed by atoms with Crippen molar-refractivity contribution in [3.8, 4) is 0 Å². The Morgan fingerprint density at radius 2 is 1.75 bits per heavy atom. The molecular formula is C15H22O9. The minimum absolute atomic E-state index is 0.288. The molecule has 24 heavy (non-hydrogen) atoms. The minimum Gasteiger partial charge on any atom is -0.472 e. The van der Waals surface area contributed by atoms with Crippen LogP contribution in [0.15, 0.2) is 24.0 Å². The molecule has 1 unspecified atom stereocenters. The van der Waals surface area contributed by atoms with E-state index in [-0.39, 0.29) is 12.5 Å². The fourth-order valence-electron chi connectivity index (χ4n) is 3.38. The molecule has 0 aromatic heterocycles. The summed E-state index contributed by atoms with van der Waals surface area (Å²) in [6.45, 7) is -0.854. The molecule has 3 rings (SSSR count). The summed E-state index contributed by atoms with van der Waals surface area (Å²) < 4.78 is 16.3. The number of fused-ring (bicyclic) bond motifs is 1. The van der Waals surface area contributed by atoms with Crippen molar-refractivity contribution < 1.29 is 44.8 Å². The van der Waals surface area contributed by atoms with E-state index in [0.717, 1.165) is 0 Å². The lowest BCUT2D eigenvalue weighted by molar-refractivity contribution is -0.339. The van der Waals surface area contributed by atoms with Crippen LogP contribution in [0.4, 0.5) is 0 Å². The van der Waals surface area contributed by atoms with Gasteiger partial charge >= 0.3 is 0 Å². The highest BCUT2D eigenvalue weighted by molar-refractivity contribution is 5.25. The number of hydrogen-bond acceptors (Lipinski definition) is 9. The molecule has 0 aromatic rings. The van der Waals surface area contributed by atoms with Crippen molar-refractivity contribution in [3.05, 3.63) is 24.0 Å². The second-order valence-electron chi connectivity index (χ2n) is 6.16. The Labute approximate surface area is 138 Å².